The Hall–Kier alpha value is -2.60. The van der Waals surface area contributed by atoms with Crippen molar-refractivity contribution >= 4 is 33.3 Å². The molecule has 0 aliphatic carbocycles. The van der Waals surface area contributed by atoms with Gasteiger partial charge >= 0.3 is 6.03 Å². The number of hydrazine groups is 1. The lowest BCUT2D eigenvalue weighted by Gasteiger charge is -2.43. The van der Waals surface area contributed by atoms with E-state index in [0.717, 1.165) is 33.2 Å². The van der Waals surface area contributed by atoms with E-state index in [2.05, 4.69) is 22.2 Å². The van der Waals surface area contributed by atoms with Crippen LogP contribution in [0.2, 0.25) is 0 Å². The Balaban J connectivity index is 1.12. The van der Waals surface area contributed by atoms with Crippen LogP contribution in [0, 0.1) is 6.92 Å². The topological polar surface area (TPSA) is 87.2 Å². The van der Waals surface area contributed by atoms with Gasteiger partial charge in [-0.3, -0.25) is 4.90 Å². The predicted octanol–water partition coefficient (Wildman–Crippen LogP) is 3.01. The van der Waals surface area contributed by atoms with E-state index in [9.17, 15) is 9.90 Å². The number of para-hydroxylation sites is 1. The monoisotopic (exact) mass is 526 g/mol. The minimum Gasteiger partial charge on any atom is -0.491 e. The van der Waals surface area contributed by atoms with Gasteiger partial charge in [0.1, 0.15) is 37.2 Å². The Morgan fingerprint density at radius 3 is 2.78 bits per heavy atom. The molecule has 9 nitrogen and oxygen atoms in total. The van der Waals surface area contributed by atoms with Crippen LogP contribution >= 0.6 is 11.3 Å². The lowest BCUT2D eigenvalue weighted by Crippen LogP contribution is -2.68. The fourth-order valence-corrected chi connectivity index (χ4v) is 5.98. The number of morpholine rings is 1. The number of aliphatic hydroxyl groups excluding tert-OH is 1. The number of quaternary nitrogens is 1. The highest BCUT2D eigenvalue weighted by atomic mass is 32.1. The molecule has 3 aromatic rings. The summed E-state index contributed by atoms with van der Waals surface area (Å²) < 4.78 is 12.8. The second-order valence-electron chi connectivity index (χ2n) is 9.90. The van der Waals surface area contributed by atoms with Crippen molar-refractivity contribution in [2.75, 3.05) is 59.1 Å². The van der Waals surface area contributed by atoms with Gasteiger partial charge in [0.25, 0.3) is 0 Å². The van der Waals surface area contributed by atoms with Crippen molar-refractivity contribution in [3.8, 4) is 5.75 Å². The molecule has 0 saturated carbocycles. The van der Waals surface area contributed by atoms with Crippen molar-refractivity contribution in [1.29, 1.82) is 0 Å². The normalized spacial score (nSPS) is 21.5. The summed E-state index contributed by atoms with van der Waals surface area (Å²) in [5.74, 6) is 0.719. The van der Waals surface area contributed by atoms with Gasteiger partial charge in [-0.05, 0) is 38.1 Å². The molecule has 2 N–H and O–H groups in total. The number of nitrogens with one attached hydrogen (secondary N) is 1. The van der Waals surface area contributed by atoms with Gasteiger partial charge in [0.05, 0.1) is 28.4 Å². The number of aliphatic hydroxyl groups is 1. The molecule has 2 aliphatic rings. The molecule has 2 aromatic carbocycles. The van der Waals surface area contributed by atoms with Crippen LogP contribution in [0.15, 0.2) is 48.5 Å². The largest absolute Gasteiger partial charge is 0.491 e. The first-order valence-corrected chi connectivity index (χ1v) is 13.7. The molecule has 1 aromatic heterocycles. The highest BCUT2D eigenvalue weighted by Crippen LogP contribution is 2.27. The lowest BCUT2D eigenvalue weighted by molar-refractivity contribution is 0.00552. The first-order chi connectivity index (χ1) is 17.9. The molecule has 5 rings (SSSR count). The number of carbonyl (C=O) groups excluding carboxylic acids is 1. The summed E-state index contributed by atoms with van der Waals surface area (Å²) in [6, 6.07) is 16.0. The number of hydrogen-bond donors (Lipinski definition) is 2. The molecule has 2 fully saturated rings. The van der Waals surface area contributed by atoms with E-state index in [0.29, 0.717) is 45.9 Å². The zero-order chi connectivity index (χ0) is 25.8. The standard InChI is InChI=1S/C27H35N5O4S/c1-20-17-31(29-27(34)32(12-14-35-15-13-32)22-6-4-3-5-7-22)11-10-30(20)18-23(33)19-36-24-8-9-26-25(16-24)28-21(2)37-26/h3-9,16,20,23,33H,10-15,17-19H2,1-2H3/p+1/t20-,23+/m0/s1. The van der Waals surface area contributed by atoms with Crippen molar-refractivity contribution in [1.82, 2.24) is 24.8 Å². The molecular formula is C27H36N5O4S+. The van der Waals surface area contributed by atoms with Crippen LogP contribution in [-0.2, 0) is 4.74 Å². The molecule has 0 spiro atoms. The van der Waals surface area contributed by atoms with Gasteiger partial charge in [0, 0.05) is 38.3 Å². The number of aromatic nitrogens is 1. The number of thiazole rings is 1. The Morgan fingerprint density at radius 2 is 2.03 bits per heavy atom. The minimum atomic E-state index is -0.614. The van der Waals surface area contributed by atoms with Gasteiger partial charge in [-0.2, -0.15) is 0 Å². The third-order valence-corrected chi connectivity index (χ3v) is 8.20. The quantitative estimate of drug-likeness (QED) is 0.458. The van der Waals surface area contributed by atoms with Gasteiger partial charge in [-0.15, -0.1) is 11.3 Å². The first kappa shape index (κ1) is 26.0. The van der Waals surface area contributed by atoms with Crippen LogP contribution in [0.4, 0.5) is 10.5 Å². The van der Waals surface area contributed by atoms with E-state index >= 15 is 0 Å². The summed E-state index contributed by atoms with van der Waals surface area (Å²) in [5.41, 5.74) is 5.10. The van der Waals surface area contributed by atoms with Gasteiger partial charge in [-0.1, -0.05) is 18.2 Å². The van der Waals surface area contributed by atoms with Crippen molar-refractivity contribution < 1.29 is 19.4 Å². The molecule has 3 heterocycles. The van der Waals surface area contributed by atoms with Crippen molar-refractivity contribution in [2.24, 2.45) is 0 Å². The smallest absolute Gasteiger partial charge is 0.436 e. The maximum atomic E-state index is 13.5. The molecule has 2 amide bonds. The van der Waals surface area contributed by atoms with E-state index < -0.39 is 6.10 Å². The van der Waals surface area contributed by atoms with E-state index in [-0.39, 0.29) is 23.2 Å². The second-order valence-corrected chi connectivity index (χ2v) is 11.1. The number of ether oxygens (including phenoxy) is 2. The average molecular weight is 527 g/mol. The van der Waals surface area contributed by atoms with Crippen molar-refractivity contribution in [2.45, 2.75) is 26.0 Å². The molecule has 2 atom stereocenters. The van der Waals surface area contributed by atoms with Crippen LogP contribution in [0.25, 0.3) is 10.2 Å². The summed E-state index contributed by atoms with van der Waals surface area (Å²) in [6.07, 6.45) is -0.614. The number of benzene rings is 2. The van der Waals surface area contributed by atoms with Crippen LogP contribution in [0.5, 0.6) is 5.75 Å². The highest BCUT2D eigenvalue weighted by molar-refractivity contribution is 7.18. The van der Waals surface area contributed by atoms with Gasteiger partial charge < -0.3 is 14.6 Å². The molecule has 10 heteroatoms. The number of aryl methyl sites for hydroxylation is 1. The van der Waals surface area contributed by atoms with Crippen LogP contribution in [0.1, 0.15) is 11.9 Å². The Morgan fingerprint density at radius 1 is 1.24 bits per heavy atom. The fourth-order valence-electron chi connectivity index (χ4n) is 5.17. The molecule has 198 valence electrons. The number of rotatable bonds is 7. The van der Waals surface area contributed by atoms with Crippen molar-refractivity contribution in [3.63, 3.8) is 0 Å². The number of amides is 2. The molecule has 0 radical (unpaired) electrons. The highest BCUT2D eigenvalue weighted by Gasteiger charge is 2.42. The predicted molar refractivity (Wildman–Crippen MR) is 146 cm³/mol. The van der Waals surface area contributed by atoms with Gasteiger partial charge in [0.15, 0.2) is 0 Å². The number of urea groups is 1. The van der Waals surface area contributed by atoms with Crippen molar-refractivity contribution in [3.05, 3.63) is 53.5 Å². The second kappa shape index (κ2) is 11.4. The Labute approximate surface area is 221 Å². The Kier molecular flexibility index (Phi) is 8.04. The number of β-amino-alcohol motifs (C(OH)–C–C–N with tert-alkyl or cyclic N) is 1. The van der Waals surface area contributed by atoms with Crippen LogP contribution < -0.4 is 14.6 Å². The molecule has 2 aliphatic heterocycles. The third kappa shape index (κ3) is 5.95. The number of nitrogens with zero attached hydrogens (tertiary/aromatic N) is 4. The average Bonchev–Trinajstić information content (AvgIpc) is 3.29. The summed E-state index contributed by atoms with van der Waals surface area (Å²) in [7, 11) is 0. The minimum absolute atomic E-state index is 0.0177. The maximum absolute atomic E-state index is 13.5. The maximum Gasteiger partial charge on any atom is 0.436 e. The molecule has 0 bridgehead atoms. The van der Waals surface area contributed by atoms with E-state index in [1.807, 2.05) is 60.5 Å². The van der Waals surface area contributed by atoms with Gasteiger partial charge in [0.2, 0.25) is 0 Å². The summed E-state index contributed by atoms with van der Waals surface area (Å²) in [4.78, 5) is 20.3. The van der Waals surface area contributed by atoms with Crippen LogP contribution in [0.3, 0.4) is 0 Å². The zero-order valence-electron chi connectivity index (χ0n) is 21.5. The number of hydrogen-bond acceptors (Lipinski definition) is 8. The van der Waals surface area contributed by atoms with E-state index in [1.165, 1.54) is 0 Å². The fraction of sp³-hybridized carbons (Fsp3) is 0.481. The number of piperazine rings is 1. The summed E-state index contributed by atoms with van der Waals surface area (Å²) in [5, 5.41) is 13.7. The lowest BCUT2D eigenvalue weighted by atomic mass is 10.2. The molecule has 2 saturated heterocycles. The molecule has 37 heavy (non-hydrogen) atoms. The van der Waals surface area contributed by atoms with E-state index in [1.54, 1.807) is 11.3 Å². The summed E-state index contributed by atoms with van der Waals surface area (Å²) in [6.45, 7) is 9.33. The Bertz CT molecular complexity index is 1200. The molecule has 0 unspecified atom stereocenters. The summed E-state index contributed by atoms with van der Waals surface area (Å²) >= 11 is 1.66. The number of carbonyl (C=O) groups is 1. The van der Waals surface area contributed by atoms with Crippen LogP contribution in [-0.4, -0.2) is 97.3 Å². The molecular weight excluding hydrogens is 490 g/mol. The number of fused-ring (bicyclic) bond motifs is 1. The zero-order valence-corrected chi connectivity index (χ0v) is 22.3. The SMILES string of the molecule is Cc1nc2cc(OC[C@H](O)CN3CCN(NC(=O)[N+]4(c5ccccc5)CCOCC4)C[C@@H]3C)ccc2s1. The van der Waals surface area contributed by atoms with E-state index in [4.69, 9.17) is 9.47 Å². The van der Waals surface area contributed by atoms with Gasteiger partial charge in [-0.25, -0.2) is 24.7 Å². The third-order valence-electron chi connectivity index (χ3n) is 7.25. The first-order valence-electron chi connectivity index (χ1n) is 12.9.